The lowest BCUT2D eigenvalue weighted by atomic mass is 10.0. The Labute approximate surface area is 114 Å². The Kier molecular flexibility index (Phi) is 3.76. The summed E-state index contributed by atoms with van der Waals surface area (Å²) in [5, 5.41) is 0. The summed E-state index contributed by atoms with van der Waals surface area (Å²) in [6.45, 7) is 5.40. The maximum Gasteiger partial charge on any atom is 0.244 e. The smallest absolute Gasteiger partial charge is 0.244 e. The van der Waals surface area contributed by atoms with E-state index in [2.05, 4.69) is 13.8 Å². The average molecular weight is 291 g/mol. The van der Waals surface area contributed by atoms with E-state index in [1.807, 2.05) is 7.05 Å². The zero-order valence-corrected chi connectivity index (χ0v) is 12.5. The fourth-order valence-corrected chi connectivity index (χ4v) is 4.28. The minimum Gasteiger partial charge on any atom is -0.352 e. The zero-order chi connectivity index (χ0) is 13.5. The average Bonchev–Trinajstić information content (AvgIpc) is 2.84. The van der Waals surface area contributed by atoms with E-state index in [0.29, 0.717) is 35.7 Å². The van der Waals surface area contributed by atoms with Crippen LogP contribution in [-0.2, 0) is 23.0 Å². The van der Waals surface area contributed by atoms with Crippen molar-refractivity contribution in [1.82, 2.24) is 8.87 Å². The quantitative estimate of drug-likeness (QED) is 0.800. The summed E-state index contributed by atoms with van der Waals surface area (Å²) >= 11 is 5.77. The lowest BCUT2D eigenvalue weighted by molar-refractivity contribution is 0.463. The van der Waals surface area contributed by atoms with Gasteiger partial charge in [0.15, 0.2) is 0 Å². The van der Waals surface area contributed by atoms with Crippen LogP contribution in [0.2, 0.25) is 0 Å². The highest BCUT2D eigenvalue weighted by molar-refractivity contribution is 7.89. The molecule has 1 aromatic rings. The monoisotopic (exact) mass is 290 g/mol. The lowest BCUT2D eigenvalue weighted by Gasteiger charge is -2.14. The summed E-state index contributed by atoms with van der Waals surface area (Å²) in [5.74, 6) is 1.14. The van der Waals surface area contributed by atoms with Crippen LogP contribution in [0.1, 0.15) is 19.5 Å². The van der Waals surface area contributed by atoms with Crippen LogP contribution in [0.15, 0.2) is 17.2 Å². The number of rotatable bonds is 3. The van der Waals surface area contributed by atoms with Crippen molar-refractivity contribution in [3.63, 3.8) is 0 Å². The molecule has 6 heteroatoms. The molecule has 1 aliphatic heterocycles. The van der Waals surface area contributed by atoms with Gasteiger partial charge in [-0.2, -0.15) is 4.31 Å². The molecule has 2 unspecified atom stereocenters. The third-order valence-electron chi connectivity index (χ3n) is 3.81. The van der Waals surface area contributed by atoms with Crippen LogP contribution in [0.5, 0.6) is 0 Å². The van der Waals surface area contributed by atoms with E-state index in [1.54, 1.807) is 21.1 Å². The Hall–Kier alpha value is -0.520. The third kappa shape index (κ3) is 2.31. The summed E-state index contributed by atoms with van der Waals surface area (Å²) in [5.41, 5.74) is 0.815. The number of nitrogens with zero attached hydrogens (tertiary/aromatic N) is 2. The van der Waals surface area contributed by atoms with Gasteiger partial charge in [0.1, 0.15) is 4.90 Å². The Morgan fingerprint density at radius 3 is 2.33 bits per heavy atom. The van der Waals surface area contributed by atoms with E-state index in [1.165, 1.54) is 0 Å². The molecule has 1 aromatic heterocycles. The molecule has 1 saturated heterocycles. The van der Waals surface area contributed by atoms with Gasteiger partial charge in [0.2, 0.25) is 10.0 Å². The molecule has 102 valence electrons. The van der Waals surface area contributed by atoms with Crippen molar-refractivity contribution in [2.24, 2.45) is 18.9 Å². The highest BCUT2D eigenvalue weighted by Crippen LogP contribution is 2.28. The second-order valence-electron chi connectivity index (χ2n) is 5.19. The van der Waals surface area contributed by atoms with E-state index in [0.717, 1.165) is 5.69 Å². The number of hydrogen-bond acceptors (Lipinski definition) is 2. The Bertz CT molecular complexity index is 528. The molecule has 0 amide bonds. The summed E-state index contributed by atoms with van der Waals surface area (Å²) in [6, 6.07) is 1.66. The van der Waals surface area contributed by atoms with Crippen molar-refractivity contribution < 1.29 is 8.42 Å². The molecule has 0 radical (unpaired) electrons. The molecule has 0 saturated carbocycles. The molecule has 1 aliphatic rings. The molecule has 0 spiro atoms. The highest BCUT2D eigenvalue weighted by atomic mass is 35.5. The van der Waals surface area contributed by atoms with Gasteiger partial charge in [-0.25, -0.2) is 8.42 Å². The van der Waals surface area contributed by atoms with Gasteiger partial charge < -0.3 is 4.57 Å². The van der Waals surface area contributed by atoms with Gasteiger partial charge in [-0.15, -0.1) is 11.6 Å². The van der Waals surface area contributed by atoms with Crippen LogP contribution in [-0.4, -0.2) is 30.4 Å². The van der Waals surface area contributed by atoms with Gasteiger partial charge in [-0.1, -0.05) is 13.8 Å². The molecule has 4 nitrogen and oxygen atoms in total. The highest BCUT2D eigenvalue weighted by Gasteiger charge is 2.35. The molecular weight excluding hydrogens is 272 g/mol. The van der Waals surface area contributed by atoms with Crippen molar-refractivity contribution in [2.75, 3.05) is 13.1 Å². The third-order valence-corrected chi connectivity index (χ3v) is 5.88. The van der Waals surface area contributed by atoms with Crippen molar-refractivity contribution in [2.45, 2.75) is 24.6 Å². The van der Waals surface area contributed by atoms with Gasteiger partial charge in [-0.05, 0) is 17.9 Å². The molecule has 2 rings (SSSR count). The van der Waals surface area contributed by atoms with Gasteiger partial charge in [0, 0.05) is 32.0 Å². The van der Waals surface area contributed by atoms with Gasteiger partial charge in [0.05, 0.1) is 5.88 Å². The maximum atomic E-state index is 12.5. The van der Waals surface area contributed by atoms with Crippen molar-refractivity contribution >= 4 is 21.6 Å². The first-order valence-corrected chi connectivity index (χ1v) is 8.05. The van der Waals surface area contributed by atoms with E-state index in [4.69, 9.17) is 11.6 Å². The first-order valence-electron chi connectivity index (χ1n) is 6.07. The van der Waals surface area contributed by atoms with E-state index in [9.17, 15) is 8.42 Å². The zero-order valence-electron chi connectivity index (χ0n) is 10.9. The summed E-state index contributed by atoms with van der Waals surface area (Å²) in [4.78, 5) is 0.349. The lowest BCUT2D eigenvalue weighted by Crippen LogP contribution is -2.28. The van der Waals surface area contributed by atoms with Crippen LogP contribution < -0.4 is 0 Å². The number of hydrogen-bond donors (Lipinski definition) is 0. The number of aromatic nitrogens is 1. The number of alkyl halides is 1. The molecule has 18 heavy (non-hydrogen) atoms. The van der Waals surface area contributed by atoms with Crippen LogP contribution in [0, 0.1) is 11.8 Å². The van der Waals surface area contributed by atoms with Crippen LogP contribution >= 0.6 is 11.6 Å². The Morgan fingerprint density at radius 2 is 1.89 bits per heavy atom. The predicted octanol–water partition coefficient (Wildman–Crippen LogP) is 2.04. The van der Waals surface area contributed by atoms with E-state index < -0.39 is 10.0 Å². The van der Waals surface area contributed by atoms with Crippen LogP contribution in [0.3, 0.4) is 0 Å². The van der Waals surface area contributed by atoms with Crippen LogP contribution in [0.4, 0.5) is 0 Å². The molecule has 0 aliphatic carbocycles. The predicted molar refractivity (Wildman–Crippen MR) is 72.1 cm³/mol. The number of halogens is 1. The molecule has 0 bridgehead atoms. The normalized spacial score (nSPS) is 25.8. The Morgan fingerprint density at radius 1 is 1.33 bits per heavy atom. The summed E-state index contributed by atoms with van der Waals surface area (Å²) < 4.78 is 28.3. The summed E-state index contributed by atoms with van der Waals surface area (Å²) in [7, 11) is -1.55. The Balaban J connectivity index is 2.31. The van der Waals surface area contributed by atoms with E-state index in [-0.39, 0.29) is 0 Å². The first-order chi connectivity index (χ1) is 8.36. The topological polar surface area (TPSA) is 42.3 Å². The van der Waals surface area contributed by atoms with Gasteiger partial charge in [0.25, 0.3) is 0 Å². The fraction of sp³-hybridized carbons (Fsp3) is 0.667. The van der Waals surface area contributed by atoms with Gasteiger partial charge in [-0.3, -0.25) is 0 Å². The number of sulfonamides is 1. The molecule has 0 N–H and O–H groups in total. The standard InChI is InChI=1S/C12H19ClN2O2S/c1-9-6-15(7-10(9)2)18(16,17)12-4-11(5-13)14(3)8-12/h4,8-10H,5-7H2,1-3H3. The van der Waals surface area contributed by atoms with E-state index >= 15 is 0 Å². The van der Waals surface area contributed by atoms with Crippen molar-refractivity contribution in [3.05, 3.63) is 18.0 Å². The molecule has 2 atom stereocenters. The maximum absolute atomic E-state index is 12.5. The minimum atomic E-state index is -3.36. The minimum absolute atomic E-state index is 0.318. The summed E-state index contributed by atoms with van der Waals surface area (Å²) in [6.07, 6.45) is 1.64. The number of aryl methyl sites for hydroxylation is 1. The molecule has 2 heterocycles. The molecular formula is C12H19ClN2O2S. The van der Waals surface area contributed by atoms with Crippen molar-refractivity contribution in [3.8, 4) is 0 Å². The second-order valence-corrected chi connectivity index (χ2v) is 7.39. The fourth-order valence-electron chi connectivity index (χ4n) is 2.27. The molecule has 1 fully saturated rings. The van der Waals surface area contributed by atoms with Crippen molar-refractivity contribution in [1.29, 1.82) is 0 Å². The second kappa shape index (κ2) is 4.87. The SMILES string of the molecule is CC1CN(S(=O)(=O)c2cc(CCl)n(C)c2)CC1C. The largest absolute Gasteiger partial charge is 0.352 e. The van der Waals surface area contributed by atoms with Crippen LogP contribution in [0.25, 0.3) is 0 Å². The molecule has 0 aromatic carbocycles. The van der Waals surface area contributed by atoms with Gasteiger partial charge >= 0.3 is 0 Å². The first kappa shape index (κ1) is 13.9.